The van der Waals surface area contributed by atoms with Crippen molar-refractivity contribution in [3.05, 3.63) is 35.9 Å². The van der Waals surface area contributed by atoms with E-state index in [0.717, 1.165) is 5.56 Å². The third kappa shape index (κ3) is 11.1. The molecule has 13 heteroatoms. The van der Waals surface area contributed by atoms with Crippen LogP contribution in [0.5, 0.6) is 0 Å². The van der Waals surface area contributed by atoms with E-state index in [9.17, 15) is 33.9 Å². The van der Waals surface area contributed by atoms with E-state index >= 15 is 0 Å². The van der Waals surface area contributed by atoms with Crippen molar-refractivity contribution in [2.45, 2.75) is 63.2 Å². The zero-order valence-corrected chi connectivity index (χ0v) is 19.4. The van der Waals surface area contributed by atoms with Crippen LogP contribution < -0.4 is 33.2 Å². The van der Waals surface area contributed by atoms with Crippen LogP contribution >= 0.6 is 0 Å². The Morgan fingerprint density at radius 2 is 1.31 bits per heavy atom. The summed E-state index contributed by atoms with van der Waals surface area (Å²) in [5.74, 6) is -5.08. The smallest absolute Gasteiger partial charge is 0.326 e. The maximum atomic E-state index is 12.7. The quantitative estimate of drug-likeness (QED) is 0.139. The highest BCUT2D eigenvalue weighted by molar-refractivity contribution is 5.94. The molecule has 5 amide bonds. The van der Waals surface area contributed by atoms with Crippen LogP contribution in [-0.2, 0) is 35.2 Å². The van der Waals surface area contributed by atoms with Crippen LogP contribution in [0.25, 0.3) is 0 Å². The second kappa shape index (κ2) is 14.3. The SMILES string of the molecule is CC(NC(=O)C(CCC(N)=O)NC(=O)C(N)Cc1ccccc1)C(=O)NC(CCC(N)=O)C(=O)O. The van der Waals surface area contributed by atoms with E-state index in [4.69, 9.17) is 17.2 Å². The predicted molar refractivity (Wildman–Crippen MR) is 124 cm³/mol. The molecule has 0 aliphatic carbocycles. The number of aliphatic carboxylic acids is 1. The van der Waals surface area contributed by atoms with E-state index in [1.807, 2.05) is 6.07 Å². The highest BCUT2D eigenvalue weighted by Crippen LogP contribution is 2.05. The largest absolute Gasteiger partial charge is 0.480 e. The van der Waals surface area contributed by atoms with E-state index in [1.165, 1.54) is 6.92 Å². The number of carboxylic acid groups (broad SMARTS) is 1. The lowest BCUT2D eigenvalue weighted by Gasteiger charge is -2.23. The first kappa shape index (κ1) is 29.0. The van der Waals surface area contributed by atoms with E-state index in [0.29, 0.717) is 0 Å². The number of rotatable bonds is 15. The molecule has 0 radical (unpaired) electrons. The number of primary amides is 2. The lowest BCUT2D eigenvalue weighted by Crippen LogP contribution is -2.56. The molecule has 0 bridgehead atoms. The molecule has 1 aromatic rings. The van der Waals surface area contributed by atoms with Crippen LogP contribution in [0.4, 0.5) is 0 Å². The van der Waals surface area contributed by atoms with Crippen molar-refractivity contribution in [1.29, 1.82) is 0 Å². The van der Waals surface area contributed by atoms with Crippen LogP contribution in [0.1, 0.15) is 38.2 Å². The number of nitrogens with one attached hydrogen (secondary N) is 3. The van der Waals surface area contributed by atoms with E-state index in [2.05, 4.69) is 16.0 Å². The zero-order valence-electron chi connectivity index (χ0n) is 19.4. The molecule has 1 rings (SSSR count). The molecule has 4 unspecified atom stereocenters. The molecule has 4 atom stereocenters. The van der Waals surface area contributed by atoms with E-state index in [-0.39, 0.29) is 32.1 Å². The maximum Gasteiger partial charge on any atom is 0.326 e. The van der Waals surface area contributed by atoms with Crippen molar-refractivity contribution in [3.63, 3.8) is 0 Å². The number of amides is 5. The Morgan fingerprint density at radius 3 is 1.83 bits per heavy atom. The number of carboxylic acids is 1. The molecule has 10 N–H and O–H groups in total. The molecule has 0 aliphatic heterocycles. The maximum absolute atomic E-state index is 12.7. The molecule has 13 nitrogen and oxygen atoms in total. The fourth-order valence-electron chi connectivity index (χ4n) is 3.02. The molecule has 0 fully saturated rings. The van der Waals surface area contributed by atoms with Crippen LogP contribution in [0.3, 0.4) is 0 Å². The normalized spacial score (nSPS) is 14.0. The van der Waals surface area contributed by atoms with Crippen molar-refractivity contribution < 1.29 is 33.9 Å². The van der Waals surface area contributed by atoms with Gasteiger partial charge in [-0.25, -0.2) is 4.79 Å². The van der Waals surface area contributed by atoms with E-state index < -0.39 is 59.7 Å². The molecular weight excluding hydrogens is 460 g/mol. The average molecular weight is 493 g/mol. The molecule has 0 spiro atoms. The summed E-state index contributed by atoms with van der Waals surface area (Å²) in [5.41, 5.74) is 16.9. The number of hydrogen-bond donors (Lipinski definition) is 7. The third-order valence-electron chi connectivity index (χ3n) is 4.99. The van der Waals surface area contributed by atoms with Gasteiger partial charge in [-0.15, -0.1) is 0 Å². The molecule has 192 valence electrons. The summed E-state index contributed by atoms with van der Waals surface area (Å²) in [7, 11) is 0. The van der Waals surface area contributed by atoms with E-state index in [1.54, 1.807) is 24.3 Å². The van der Waals surface area contributed by atoms with Gasteiger partial charge in [-0.2, -0.15) is 0 Å². The Labute approximate surface area is 202 Å². The Hall–Kier alpha value is -4.00. The monoisotopic (exact) mass is 492 g/mol. The molecule has 0 saturated heterocycles. The highest BCUT2D eigenvalue weighted by atomic mass is 16.4. The summed E-state index contributed by atoms with van der Waals surface area (Å²) in [6.45, 7) is 1.30. The number of nitrogens with two attached hydrogens (primary N) is 3. The Kier molecular flexibility index (Phi) is 11.9. The first-order valence-corrected chi connectivity index (χ1v) is 10.9. The lowest BCUT2D eigenvalue weighted by molar-refractivity contribution is -0.142. The first-order chi connectivity index (χ1) is 16.4. The lowest BCUT2D eigenvalue weighted by atomic mass is 10.0. The summed E-state index contributed by atoms with van der Waals surface area (Å²) >= 11 is 0. The fourth-order valence-corrected chi connectivity index (χ4v) is 3.02. The van der Waals surface area contributed by atoms with Gasteiger partial charge in [0, 0.05) is 12.8 Å². The van der Waals surface area contributed by atoms with Crippen molar-refractivity contribution in [1.82, 2.24) is 16.0 Å². The van der Waals surface area contributed by atoms with Crippen LogP contribution in [-0.4, -0.2) is 64.8 Å². The average Bonchev–Trinajstić information content (AvgIpc) is 2.78. The van der Waals surface area contributed by atoms with Gasteiger partial charge in [-0.05, 0) is 31.7 Å². The van der Waals surface area contributed by atoms with Gasteiger partial charge in [0.25, 0.3) is 0 Å². The molecule has 35 heavy (non-hydrogen) atoms. The fraction of sp³-hybridized carbons (Fsp3) is 0.455. The zero-order chi connectivity index (χ0) is 26.5. The Balaban J connectivity index is 2.79. The summed E-state index contributed by atoms with van der Waals surface area (Å²) in [5, 5.41) is 16.2. The summed E-state index contributed by atoms with van der Waals surface area (Å²) in [6, 6.07) is 4.17. The molecular formula is C22H32N6O7. The third-order valence-corrected chi connectivity index (χ3v) is 4.99. The van der Waals surface area contributed by atoms with Gasteiger partial charge < -0.3 is 38.3 Å². The van der Waals surface area contributed by atoms with Crippen LogP contribution in [0, 0.1) is 0 Å². The Morgan fingerprint density at radius 1 is 0.800 bits per heavy atom. The van der Waals surface area contributed by atoms with Gasteiger partial charge in [-0.3, -0.25) is 24.0 Å². The number of hydrogen-bond acceptors (Lipinski definition) is 7. The Bertz CT molecular complexity index is 924. The minimum Gasteiger partial charge on any atom is -0.480 e. The predicted octanol–water partition coefficient (Wildman–Crippen LogP) is -2.35. The summed E-state index contributed by atoms with van der Waals surface area (Å²) in [4.78, 5) is 71.1. The molecule has 0 aromatic heterocycles. The second-order valence-corrected chi connectivity index (χ2v) is 8.00. The van der Waals surface area contributed by atoms with Gasteiger partial charge in [0.05, 0.1) is 6.04 Å². The minimum atomic E-state index is -1.39. The number of carbonyl (C=O) groups excluding carboxylic acids is 5. The molecule has 0 heterocycles. The topological polar surface area (TPSA) is 237 Å². The van der Waals surface area contributed by atoms with Gasteiger partial charge in [0.1, 0.15) is 18.1 Å². The molecule has 0 aliphatic rings. The van der Waals surface area contributed by atoms with Crippen molar-refractivity contribution in [2.24, 2.45) is 17.2 Å². The van der Waals surface area contributed by atoms with Crippen LogP contribution in [0.15, 0.2) is 30.3 Å². The van der Waals surface area contributed by atoms with Gasteiger partial charge in [-0.1, -0.05) is 30.3 Å². The standard InChI is InChI=1S/C22H32N6O7/c1-12(19(31)28-16(22(34)35)8-10-18(25)30)26-21(33)15(7-9-17(24)29)27-20(32)14(23)11-13-5-3-2-4-6-13/h2-6,12,14-16H,7-11,23H2,1H3,(H2,24,29)(H2,25,30)(H,26,33)(H,27,32)(H,28,31)(H,34,35). The number of benzene rings is 1. The van der Waals surface area contributed by atoms with Gasteiger partial charge in [0.15, 0.2) is 0 Å². The second-order valence-electron chi connectivity index (χ2n) is 8.00. The minimum absolute atomic E-state index is 0.143. The first-order valence-electron chi connectivity index (χ1n) is 10.9. The van der Waals surface area contributed by atoms with Crippen molar-refractivity contribution in [3.8, 4) is 0 Å². The van der Waals surface area contributed by atoms with Gasteiger partial charge in [0.2, 0.25) is 29.5 Å². The van der Waals surface area contributed by atoms with Gasteiger partial charge >= 0.3 is 5.97 Å². The number of carbonyl (C=O) groups is 6. The molecule has 1 aromatic carbocycles. The van der Waals surface area contributed by atoms with Crippen molar-refractivity contribution in [2.75, 3.05) is 0 Å². The molecule has 0 saturated carbocycles. The summed E-state index contributed by atoms with van der Waals surface area (Å²) in [6.07, 6.45) is -0.648. The van der Waals surface area contributed by atoms with Crippen LogP contribution in [0.2, 0.25) is 0 Å². The highest BCUT2D eigenvalue weighted by Gasteiger charge is 2.28. The van der Waals surface area contributed by atoms with Crippen molar-refractivity contribution >= 4 is 35.5 Å². The summed E-state index contributed by atoms with van der Waals surface area (Å²) < 4.78 is 0.